The zero-order valence-electron chi connectivity index (χ0n) is 16.0. The van der Waals surface area contributed by atoms with Crippen molar-refractivity contribution in [2.75, 3.05) is 11.4 Å². The van der Waals surface area contributed by atoms with Crippen molar-refractivity contribution in [3.05, 3.63) is 95.8 Å². The number of ketones is 1. The summed E-state index contributed by atoms with van der Waals surface area (Å²) in [6.45, 7) is 0.483. The largest absolute Gasteiger partial charge is 0.375 e. The zero-order valence-corrected chi connectivity index (χ0v) is 16.0. The van der Waals surface area contributed by atoms with Gasteiger partial charge in [-0.3, -0.25) is 14.6 Å². The Balaban J connectivity index is 1.54. The highest BCUT2D eigenvalue weighted by molar-refractivity contribution is 6.10. The number of hydrogen-bond donors (Lipinski definition) is 1. The van der Waals surface area contributed by atoms with Gasteiger partial charge >= 0.3 is 0 Å². The summed E-state index contributed by atoms with van der Waals surface area (Å²) in [5.41, 5.74) is 0.962. The maximum atomic E-state index is 13.2. The molecule has 5 heteroatoms. The van der Waals surface area contributed by atoms with Gasteiger partial charge in [-0.25, -0.2) is 0 Å². The number of rotatable bonds is 7. The smallest absolute Gasteiger partial charge is 0.264 e. The Morgan fingerprint density at radius 2 is 1.66 bits per heavy atom. The van der Waals surface area contributed by atoms with Crippen LogP contribution in [0.3, 0.4) is 0 Å². The van der Waals surface area contributed by atoms with Crippen LogP contribution in [0.25, 0.3) is 0 Å². The van der Waals surface area contributed by atoms with Crippen LogP contribution in [-0.4, -0.2) is 28.3 Å². The van der Waals surface area contributed by atoms with Crippen molar-refractivity contribution in [3.8, 4) is 0 Å². The van der Waals surface area contributed by atoms with E-state index in [1.807, 2.05) is 30.3 Å². The lowest BCUT2D eigenvalue weighted by Crippen LogP contribution is -2.42. The fourth-order valence-electron chi connectivity index (χ4n) is 3.86. The van der Waals surface area contributed by atoms with Gasteiger partial charge in [0.15, 0.2) is 11.4 Å². The second-order valence-electron chi connectivity index (χ2n) is 7.26. The van der Waals surface area contributed by atoms with E-state index in [0.717, 1.165) is 12.8 Å². The van der Waals surface area contributed by atoms with E-state index in [9.17, 15) is 14.7 Å². The van der Waals surface area contributed by atoms with Gasteiger partial charge < -0.3 is 10.0 Å². The van der Waals surface area contributed by atoms with Gasteiger partial charge in [0.2, 0.25) is 0 Å². The molecule has 0 saturated carbocycles. The lowest BCUT2D eigenvalue weighted by molar-refractivity contribution is -0.135. The number of hydrogen-bond acceptors (Lipinski definition) is 4. The number of Topliss-reactive ketones (excluding diaryl/α,β-unsaturated/α-hetero) is 1. The number of pyridine rings is 1. The van der Waals surface area contributed by atoms with Crippen LogP contribution in [0.5, 0.6) is 0 Å². The highest BCUT2D eigenvalue weighted by Gasteiger charge is 2.50. The number of amides is 1. The number of nitrogens with zero attached hydrogens (tertiary/aromatic N) is 2. The minimum absolute atomic E-state index is 0.288. The molecule has 1 aromatic heterocycles. The first-order chi connectivity index (χ1) is 14.1. The van der Waals surface area contributed by atoms with Gasteiger partial charge in [-0.2, -0.15) is 0 Å². The van der Waals surface area contributed by atoms with Gasteiger partial charge in [-0.15, -0.1) is 0 Å². The first kappa shape index (κ1) is 19.0. The average molecular weight is 386 g/mol. The van der Waals surface area contributed by atoms with Crippen molar-refractivity contribution in [3.63, 3.8) is 0 Å². The summed E-state index contributed by atoms with van der Waals surface area (Å²) in [7, 11) is 0. The Morgan fingerprint density at radius 3 is 2.41 bits per heavy atom. The van der Waals surface area contributed by atoms with E-state index in [-0.39, 0.29) is 12.2 Å². The van der Waals surface area contributed by atoms with Gasteiger partial charge in [-0.1, -0.05) is 48.5 Å². The molecule has 2 heterocycles. The molecule has 5 nitrogen and oxygen atoms in total. The number of aryl methyl sites for hydroxylation is 1. The maximum absolute atomic E-state index is 13.2. The SMILES string of the molecule is O=C(C[C@@]1(O)C(=O)N(CCCc2ccccc2)c2ccccc21)c1ccncc1. The third-order valence-corrected chi connectivity index (χ3v) is 5.35. The predicted molar refractivity (Wildman–Crippen MR) is 111 cm³/mol. The van der Waals surface area contributed by atoms with E-state index in [1.165, 1.54) is 18.0 Å². The van der Waals surface area contributed by atoms with Crippen LogP contribution < -0.4 is 4.90 Å². The van der Waals surface area contributed by atoms with Crippen molar-refractivity contribution in [2.45, 2.75) is 24.9 Å². The Labute approximate surface area is 169 Å². The van der Waals surface area contributed by atoms with E-state index in [1.54, 1.807) is 29.2 Å². The number of aliphatic hydroxyl groups is 1. The molecular weight excluding hydrogens is 364 g/mol. The van der Waals surface area contributed by atoms with Gasteiger partial charge in [0.1, 0.15) is 0 Å². The van der Waals surface area contributed by atoms with Crippen molar-refractivity contribution >= 4 is 17.4 Å². The standard InChI is InChI=1S/C24H22N2O3/c27-22(19-12-14-25-15-13-19)17-24(29)20-10-4-5-11-21(20)26(23(24)28)16-6-9-18-7-2-1-3-8-18/h1-5,7-8,10-15,29H,6,9,16-17H2/t24-/m0/s1. The number of para-hydroxylation sites is 1. The quantitative estimate of drug-likeness (QED) is 0.631. The number of carbonyl (C=O) groups excluding carboxylic acids is 2. The lowest BCUT2D eigenvalue weighted by Gasteiger charge is -2.22. The van der Waals surface area contributed by atoms with Crippen molar-refractivity contribution in [1.29, 1.82) is 0 Å². The van der Waals surface area contributed by atoms with Crippen LogP contribution in [0.4, 0.5) is 5.69 Å². The predicted octanol–water partition coefficient (Wildman–Crippen LogP) is 3.52. The second-order valence-corrected chi connectivity index (χ2v) is 7.26. The van der Waals surface area contributed by atoms with Gasteiger partial charge in [0.25, 0.3) is 5.91 Å². The number of fused-ring (bicyclic) bond motifs is 1. The van der Waals surface area contributed by atoms with Crippen LogP contribution in [0.15, 0.2) is 79.1 Å². The molecule has 0 unspecified atom stereocenters. The molecule has 0 saturated heterocycles. The third kappa shape index (κ3) is 3.69. The minimum atomic E-state index is -1.84. The Bertz CT molecular complexity index is 1020. The molecular formula is C24H22N2O3. The molecule has 29 heavy (non-hydrogen) atoms. The van der Waals surface area contributed by atoms with Crippen LogP contribution >= 0.6 is 0 Å². The summed E-state index contributed by atoms with van der Waals surface area (Å²) in [4.78, 5) is 31.4. The molecule has 0 radical (unpaired) electrons. The van der Waals surface area contributed by atoms with E-state index in [0.29, 0.717) is 23.4 Å². The topological polar surface area (TPSA) is 70.5 Å². The number of aromatic nitrogens is 1. The van der Waals surface area contributed by atoms with E-state index < -0.39 is 11.5 Å². The summed E-state index contributed by atoms with van der Waals surface area (Å²) in [5, 5.41) is 11.3. The highest BCUT2D eigenvalue weighted by Crippen LogP contribution is 2.42. The third-order valence-electron chi connectivity index (χ3n) is 5.35. The molecule has 146 valence electrons. The fourth-order valence-corrected chi connectivity index (χ4v) is 3.86. The molecule has 2 aromatic carbocycles. The zero-order chi connectivity index (χ0) is 20.3. The minimum Gasteiger partial charge on any atom is -0.375 e. The summed E-state index contributed by atoms with van der Waals surface area (Å²) in [5.74, 6) is -0.724. The molecule has 3 aromatic rings. The van der Waals surface area contributed by atoms with Crippen LogP contribution in [0.1, 0.15) is 34.3 Å². The van der Waals surface area contributed by atoms with Crippen LogP contribution in [-0.2, 0) is 16.8 Å². The van der Waals surface area contributed by atoms with Gasteiger partial charge in [0, 0.05) is 30.1 Å². The van der Waals surface area contributed by atoms with E-state index >= 15 is 0 Å². The molecule has 0 aliphatic carbocycles. The average Bonchev–Trinajstić information content (AvgIpc) is 2.97. The van der Waals surface area contributed by atoms with Crippen molar-refractivity contribution in [1.82, 2.24) is 4.98 Å². The van der Waals surface area contributed by atoms with Crippen molar-refractivity contribution < 1.29 is 14.7 Å². The Hall–Kier alpha value is -3.31. The second kappa shape index (κ2) is 7.97. The number of anilines is 1. The molecule has 0 fully saturated rings. The monoisotopic (exact) mass is 386 g/mol. The summed E-state index contributed by atoms with van der Waals surface area (Å²) in [6, 6.07) is 20.4. The molecule has 1 aliphatic heterocycles. The first-order valence-electron chi connectivity index (χ1n) is 9.70. The number of carbonyl (C=O) groups is 2. The Kier molecular flexibility index (Phi) is 5.23. The Morgan fingerprint density at radius 1 is 0.966 bits per heavy atom. The summed E-state index contributed by atoms with van der Waals surface area (Å²) >= 11 is 0. The van der Waals surface area contributed by atoms with Crippen LogP contribution in [0, 0.1) is 0 Å². The summed E-state index contributed by atoms with van der Waals surface area (Å²) < 4.78 is 0. The van der Waals surface area contributed by atoms with Crippen LogP contribution in [0.2, 0.25) is 0 Å². The van der Waals surface area contributed by atoms with E-state index in [2.05, 4.69) is 17.1 Å². The summed E-state index contributed by atoms with van der Waals surface area (Å²) in [6.07, 6.45) is 4.36. The molecule has 1 N–H and O–H groups in total. The maximum Gasteiger partial charge on any atom is 0.264 e. The first-order valence-corrected chi connectivity index (χ1v) is 9.70. The molecule has 0 bridgehead atoms. The van der Waals surface area contributed by atoms with Gasteiger partial charge in [-0.05, 0) is 36.6 Å². The number of benzene rings is 2. The lowest BCUT2D eigenvalue weighted by atomic mass is 9.88. The fraction of sp³-hybridized carbons (Fsp3) is 0.208. The van der Waals surface area contributed by atoms with E-state index in [4.69, 9.17) is 0 Å². The molecule has 1 amide bonds. The molecule has 4 rings (SSSR count). The molecule has 1 aliphatic rings. The highest BCUT2D eigenvalue weighted by atomic mass is 16.3. The normalized spacial score (nSPS) is 18.0. The molecule has 1 atom stereocenters. The van der Waals surface area contributed by atoms with Gasteiger partial charge in [0.05, 0.1) is 12.1 Å². The van der Waals surface area contributed by atoms with Crippen molar-refractivity contribution in [2.24, 2.45) is 0 Å². The molecule has 0 spiro atoms.